The van der Waals surface area contributed by atoms with Gasteiger partial charge in [-0.15, -0.1) is 0 Å². The first-order valence-corrected chi connectivity index (χ1v) is 5.83. The largest absolute Gasteiger partial charge is 0.466 e. The van der Waals surface area contributed by atoms with Gasteiger partial charge in [0.05, 0.1) is 6.61 Å². The highest BCUT2D eigenvalue weighted by Crippen LogP contribution is 2.17. The molecule has 0 radical (unpaired) electrons. The van der Waals surface area contributed by atoms with Crippen molar-refractivity contribution in [2.45, 2.75) is 46.0 Å². The molecule has 1 unspecified atom stereocenters. The minimum absolute atomic E-state index is 0.184. The summed E-state index contributed by atoms with van der Waals surface area (Å²) in [6, 6.07) is 0. The Morgan fingerprint density at radius 1 is 1.20 bits per heavy atom. The highest BCUT2D eigenvalue weighted by Gasteiger charge is 2.08. The Morgan fingerprint density at radius 2 is 1.87 bits per heavy atom. The average Bonchev–Trinajstić information content (AvgIpc) is 2.20. The normalized spacial score (nSPS) is 12.5. The van der Waals surface area contributed by atoms with Gasteiger partial charge in [0.15, 0.2) is 0 Å². The van der Waals surface area contributed by atoms with Crippen LogP contribution in [0, 0.1) is 5.92 Å². The van der Waals surface area contributed by atoms with E-state index in [0.29, 0.717) is 12.5 Å². The second-order valence-electron chi connectivity index (χ2n) is 3.92. The summed E-state index contributed by atoms with van der Waals surface area (Å²) in [7, 11) is 1.73. The summed E-state index contributed by atoms with van der Waals surface area (Å²) >= 11 is 0. The summed E-state index contributed by atoms with van der Waals surface area (Å²) in [6.45, 7) is 5.00. The lowest BCUT2D eigenvalue weighted by Crippen LogP contribution is -2.10. The van der Waals surface area contributed by atoms with Crippen LogP contribution in [-0.4, -0.2) is 26.3 Å². The standard InChI is InChI=1S/C12H24O3/c1-4-5-6-12(7-9-14-3)8-10-15-11(2)13/h12H,4-10H2,1-3H3. The van der Waals surface area contributed by atoms with Gasteiger partial charge in [-0.3, -0.25) is 4.79 Å². The van der Waals surface area contributed by atoms with E-state index in [-0.39, 0.29) is 5.97 Å². The van der Waals surface area contributed by atoms with Crippen molar-refractivity contribution < 1.29 is 14.3 Å². The van der Waals surface area contributed by atoms with Gasteiger partial charge >= 0.3 is 5.97 Å². The summed E-state index contributed by atoms with van der Waals surface area (Å²) in [5.74, 6) is 0.445. The molecule has 0 aromatic heterocycles. The molecular weight excluding hydrogens is 192 g/mol. The molecule has 0 spiro atoms. The predicted molar refractivity (Wildman–Crippen MR) is 60.8 cm³/mol. The number of hydrogen-bond acceptors (Lipinski definition) is 3. The van der Waals surface area contributed by atoms with Gasteiger partial charge < -0.3 is 9.47 Å². The number of carbonyl (C=O) groups is 1. The van der Waals surface area contributed by atoms with Crippen molar-refractivity contribution in [3.63, 3.8) is 0 Å². The van der Waals surface area contributed by atoms with E-state index < -0.39 is 0 Å². The summed E-state index contributed by atoms with van der Waals surface area (Å²) in [6.07, 6.45) is 5.70. The van der Waals surface area contributed by atoms with Crippen LogP contribution in [-0.2, 0) is 14.3 Å². The van der Waals surface area contributed by atoms with E-state index in [1.165, 1.54) is 26.2 Å². The maximum absolute atomic E-state index is 10.6. The van der Waals surface area contributed by atoms with Crippen LogP contribution in [0.5, 0.6) is 0 Å². The number of esters is 1. The summed E-state index contributed by atoms with van der Waals surface area (Å²) < 4.78 is 10.0. The van der Waals surface area contributed by atoms with E-state index in [0.717, 1.165) is 19.4 Å². The molecule has 0 aliphatic carbocycles. The Balaban J connectivity index is 3.63. The molecule has 3 nitrogen and oxygen atoms in total. The zero-order valence-corrected chi connectivity index (χ0v) is 10.3. The molecule has 0 bridgehead atoms. The third-order valence-electron chi connectivity index (χ3n) is 2.53. The zero-order valence-electron chi connectivity index (χ0n) is 10.3. The smallest absolute Gasteiger partial charge is 0.302 e. The number of carbonyl (C=O) groups excluding carboxylic acids is 1. The van der Waals surface area contributed by atoms with Crippen molar-refractivity contribution in [2.24, 2.45) is 5.92 Å². The quantitative estimate of drug-likeness (QED) is 0.556. The Labute approximate surface area is 93.1 Å². The zero-order chi connectivity index (χ0) is 11.5. The van der Waals surface area contributed by atoms with E-state index in [9.17, 15) is 4.79 Å². The fraction of sp³-hybridized carbons (Fsp3) is 0.917. The molecule has 3 heteroatoms. The first-order valence-electron chi connectivity index (χ1n) is 5.83. The minimum Gasteiger partial charge on any atom is -0.466 e. The molecule has 0 aromatic rings. The lowest BCUT2D eigenvalue weighted by Gasteiger charge is -2.15. The number of rotatable bonds is 9. The molecule has 1 atom stereocenters. The second-order valence-corrected chi connectivity index (χ2v) is 3.92. The Morgan fingerprint density at radius 3 is 2.40 bits per heavy atom. The van der Waals surface area contributed by atoms with Gasteiger partial charge in [0.2, 0.25) is 0 Å². The van der Waals surface area contributed by atoms with Crippen LogP contribution < -0.4 is 0 Å². The Kier molecular flexibility index (Phi) is 9.59. The highest BCUT2D eigenvalue weighted by molar-refractivity contribution is 5.65. The van der Waals surface area contributed by atoms with Crippen molar-refractivity contribution in [3.05, 3.63) is 0 Å². The van der Waals surface area contributed by atoms with Crippen LogP contribution in [0.1, 0.15) is 46.0 Å². The van der Waals surface area contributed by atoms with E-state index in [1.54, 1.807) is 7.11 Å². The third-order valence-corrected chi connectivity index (χ3v) is 2.53. The highest BCUT2D eigenvalue weighted by atomic mass is 16.5. The van der Waals surface area contributed by atoms with Gasteiger partial charge in [0.25, 0.3) is 0 Å². The predicted octanol–water partition coefficient (Wildman–Crippen LogP) is 2.78. The Bertz CT molecular complexity index is 149. The molecule has 90 valence electrons. The van der Waals surface area contributed by atoms with Gasteiger partial charge in [-0.2, -0.15) is 0 Å². The minimum atomic E-state index is -0.184. The maximum Gasteiger partial charge on any atom is 0.302 e. The molecule has 0 amide bonds. The molecule has 0 aliphatic rings. The van der Waals surface area contributed by atoms with Crippen LogP contribution in [0.15, 0.2) is 0 Å². The molecule has 0 heterocycles. The molecular formula is C12H24O3. The van der Waals surface area contributed by atoms with Crippen LogP contribution in [0.3, 0.4) is 0 Å². The Hall–Kier alpha value is -0.570. The van der Waals surface area contributed by atoms with Gasteiger partial charge in [-0.25, -0.2) is 0 Å². The number of ether oxygens (including phenoxy) is 2. The summed E-state index contributed by atoms with van der Waals surface area (Å²) in [5.41, 5.74) is 0. The fourth-order valence-corrected chi connectivity index (χ4v) is 1.58. The van der Waals surface area contributed by atoms with Crippen molar-refractivity contribution >= 4 is 5.97 Å². The van der Waals surface area contributed by atoms with Gasteiger partial charge in [0, 0.05) is 20.6 Å². The monoisotopic (exact) mass is 216 g/mol. The van der Waals surface area contributed by atoms with Crippen molar-refractivity contribution in [1.82, 2.24) is 0 Å². The molecule has 0 aromatic carbocycles. The SMILES string of the molecule is CCCCC(CCOC)CCOC(C)=O. The molecule has 0 saturated heterocycles. The van der Waals surface area contributed by atoms with Gasteiger partial charge in [0.1, 0.15) is 0 Å². The summed E-state index contributed by atoms with van der Waals surface area (Å²) in [5, 5.41) is 0. The van der Waals surface area contributed by atoms with Gasteiger partial charge in [-0.1, -0.05) is 26.2 Å². The lowest BCUT2D eigenvalue weighted by molar-refractivity contribution is -0.141. The first kappa shape index (κ1) is 14.4. The molecule has 0 fully saturated rings. The van der Waals surface area contributed by atoms with Crippen molar-refractivity contribution in [1.29, 1.82) is 0 Å². The van der Waals surface area contributed by atoms with E-state index in [2.05, 4.69) is 6.92 Å². The molecule has 15 heavy (non-hydrogen) atoms. The molecule has 0 saturated carbocycles. The van der Waals surface area contributed by atoms with Crippen molar-refractivity contribution in [2.75, 3.05) is 20.3 Å². The molecule has 0 rings (SSSR count). The van der Waals surface area contributed by atoms with Crippen LogP contribution >= 0.6 is 0 Å². The molecule has 0 aliphatic heterocycles. The molecule has 0 N–H and O–H groups in total. The number of methoxy groups -OCH3 is 1. The van der Waals surface area contributed by atoms with E-state index in [4.69, 9.17) is 9.47 Å². The number of hydrogen-bond donors (Lipinski definition) is 0. The van der Waals surface area contributed by atoms with E-state index >= 15 is 0 Å². The third kappa shape index (κ3) is 9.73. The van der Waals surface area contributed by atoms with Crippen molar-refractivity contribution in [3.8, 4) is 0 Å². The van der Waals surface area contributed by atoms with Crippen LogP contribution in [0.25, 0.3) is 0 Å². The van der Waals surface area contributed by atoms with E-state index in [1.807, 2.05) is 0 Å². The first-order chi connectivity index (χ1) is 7.20. The number of unbranched alkanes of at least 4 members (excludes halogenated alkanes) is 1. The van der Waals surface area contributed by atoms with Crippen LogP contribution in [0.2, 0.25) is 0 Å². The summed E-state index contributed by atoms with van der Waals surface area (Å²) in [4.78, 5) is 10.6. The average molecular weight is 216 g/mol. The van der Waals surface area contributed by atoms with Crippen LogP contribution in [0.4, 0.5) is 0 Å². The second kappa shape index (κ2) is 9.97. The fourth-order valence-electron chi connectivity index (χ4n) is 1.58. The topological polar surface area (TPSA) is 35.5 Å². The maximum atomic E-state index is 10.6. The lowest BCUT2D eigenvalue weighted by atomic mass is 9.96. The van der Waals surface area contributed by atoms with Gasteiger partial charge in [-0.05, 0) is 18.8 Å².